The van der Waals surface area contributed by atoms with Gasteiger partial charge in [0.05, 0.1) is 0 Å². The lowest BCUT2D eigenvalue weighted by molar-refractivity contribution is 1.33. The van der Waals surface area contributed by atoms with E-state index < -0.39 is 0 Å². The van der Waals surface area contributed by atoms with Gasteiger partial charge < -0.3 is 5.32 Å². The Morgan fingerprint density at radius 2 is 1.93 bits per heavy atom. The normalized spacial score (nSPS) is 13.7. The highest BCUT2D eigenvalue weighted by Gasteiger charge is 2.06. The summed E-state index contributed by atoms with van der Waals surface area (Å²) in [7, 11) is 0. The molecule has 14 heavy (non-hydrogen) atoms. The SMILES string of the molecule is C1=Cc2ccc3ccccc3c2NC1. The van der Waals surface area contributed by atoms with Crippen LogP contribution in [0, 0.1) is 0 Å². The Morgan fingerprint density at radius 1 is 1.00 bits per heavy atom. The Kier molecular flexibility index (Phi) is 1.57. The molecule has 2 aromatic carbocycles. The summed E-state index contributed by atoms with van der Waals surface area (Å²) in [6.07, 6.45) is 4.33. The van der Waals surface area contributed by atoms with Crippen molar-refractivity contribution in [3.05, 3.63) is 48.0 Å². The third kappa shape index (κ3) is 1.02. The summed E-state index contributed by atoms with van der Waals surface area (Å²) in [6, 6.07) is 12.8. The van der Waals surface area contributed by atoms with Crippen molar-refractivity contribution >= 4 is 22.5 Å². The average molecular weight is 181 g/mol. The van der Waals surface area contributed by atoms with Gasteiger partial charge in [-0.3, -0.25) is 0 Å². The Balaban J connectivity index is 2.41. The van der Waals surface area contributed by atoms with E-state index in [1.165, 1.54) is 22.0 Å². The van der Waals surface area contributed by atoms with Crippen LogP contribution in [0.25, 0.3) is 16.8 Å². The molecular formula is C13H11N. The molecule has 0 aliphatic carbocycles. The van der Waals surface area contributed by atoms with Gasteiger partial charge in [-0.25, -0.2) is 0 Å². The average Bonchev–Trinajstić information content (AvgIpc) is 2.29. The van der Waals surface area contributed by atoms with Crippen LogP contribution in [0.4, 0.5) is 5.69 Å². The van der Waals surface area contributed by atoms with Gasteiger partial charge in [-0.15, -0.1) is 0 Å². The Bertz CT molecular complexity index is 512. The molecule has 0 atom stereocenters. The van der Waals surface area contributed by atoms with E-state index in [1.807, 2.05) is 0 Å². The van der Waals surface area contributed by atoms with Crippen LogP contribution in [0.2, 0.25) is 0 Å². The van der Waals surface area contributed by atoms with E-state index >= 15 is 0 Å². The third-order valence-electron chi connectivity index (χ3n) is 2.66. The quantitative estimate of drug-likeness (QED) is 0.657. The predicted molar refractivity (Wildman–Crippen MR) is 61.5 cm³/mol. The highest BCUT2D eigenvalue weighted by Crippen LogP contribution is 2.29. The molecule has 0 unspecified atom stereocenters. The van der Waals surface area contributed by atoms with Gasteiger partial charge in [-0.1, -0.05) is 48.6 Å². The second-order valence-corrected chi connectivity index (χ2v) is 3.53. The van der Waals surface area contributed by atoms with E-state index in [4.69, 9.17) is 0 Å². The lowest BCUT2D eigenvalue weighted by Gasteiger charge is -2.15. The van der Waals surface area contributed by atoms with E-state index in [1.54, 1.807) is 0 Å². The molecule has 0 radical (unpaired) electrons. The molecule has 3 rings (SSSR count). The fraction of sp³-hybridized carbons (Fsp3) is 0.0769. The molecule has 0 aromatic heterocycles. The van der Waals surface area contributed by atoms with Crippen LogP contribution in [0.3, 0.4) is 0 Å². The monoisotopic (exact) mass is 181 g/mol. The number of anilines is 1. The van der Waals surface area contributed by atoms with E-state index in [9.17, 15) is 0 Å². The molecule has 0 amide bonds. The first kappa shape index (κ1) is 7.63. The Hall–Kier alpha value is -1.76. The molecule has 1 nitrogen and oxygen atoms in total. The summed E-state index contributed by atoms with van der Waals surface area (Å²) in [5, 5.41) is 6.03. The van der Waals surface area contributed by atoms with Crippen LogP contribution in [-0.2, 0) is 0 Å². The van der Waals surface area contributed by atoms with Crippen molar-refractivity contribution in [2.45, 2.75) is 0 Å². The second-order valence-electron chi connectivity index (χ2n) is 3.53. The van der Waals surface area contributed by atoms with Crippen LogP contribution >= 0.6 is 0 Å². The predicted octanol–water partition coefficient (Wildman–Crippen LogP) is 3.28. The summed E-state index contributed by atoms with van der Waals surface area (Å²) in [4.78, 5) is 0. The Morgan fingerprint density at radius 3 is 2.93 bits per heavy atom. The van der Waals surface area contributed by atoms with Gasteiger partial charge in [0, 0.05) is 17.6 Å². The number of benzene rings is 2. The highest BCUT2D eigenvalue weighted by molar-refractivity contribution is 5.98. The van der Waals surface area contributed by atoms with Crippen LogP contribution < -0.4 is 5.32 Å². The van der Waals surface area contributed by atoms with E-state index in [-0.39, 0.29) is 0 Å². The van der Waals surface area contributed by atoms with Crippen LogP contribution in [0.15, 0.2) is 42.5 Å². The topological polar surface area (TPSA) is 12.0 Å². The standard InChI is InChI=1S/C13H11N/c1-2-6-12-10(4-1)7-8-11-5-3-9-14-13(11)12/h1-8,14H,9H2. The van der Waals surface area contributed by atoms with Gasteiger partial charge in [0.1, 0.15) is 0 Å². The minimum absolute atomic E-state index is 0.932. The number of fused-ring (bicyclic) bond motifs is 3. The highest BCUT2D eigenvalue weighted by atomic mass is 14.9. The first-order valence-electron chi connectivity index (χ1n) is 4.87. The van der Waals surface area contributed by atoms with Crippen molar-refractivity contribution in [3.63, 3.8) is 0 Å². The third-order valence-corrected chi connectivity index (χ3v) is 2.66. The summed E-state index contributed by atoms with van der Waals surface area (Å²) in [5.41, 5.74) is 2.56. The van der Waals surface area contributed by atoms with Crippen molar-refractivity contribution < 1.29 is 0 Å². The molecule has 0 spiro atoms. The number of hydrogen-bond donors (Lipinski definition) is 1. The summed E-state index contributed by atoms with van der Waals surface area (Å²) >= 11 is 0. The first-order valence-corrected chi connectivity index (χ1v) is 4.87. The maximum Gasteiger partial charge on any atom is 0.0495 e. The van der Waals surface area contributed by atoms with Gasteiger partial charge >= 0.3 is 0 Å². The van der Waals surface area contributed by atoms with Crippen LogP contribution in [0.5, 0.6) is 0 Å². The molecule has 1 N–H and O–H groups in total. The van der Waals surface area contributed by atoms with Crippen molar-refractivity contribution in [2.24, 2.45) is 0 Å². The summed E-state index contributed by atoms with van der Waals surface area (Å²) < 4.78 is 0. The molecule has 1 aliphatic heterocycles. The lowest BCUT2D eigenvalue weighted by Crippen LogP contribution is -2.04. The molecule has 1 heterocycles. The lowest BCUT2D eigenvalue weighted by atomic mass is 10.0. The maximum absolute atomic E-state index is 3.42. The molecule has 68 valence electrons. The minimum atomic E-state index is 0.932. The van der Waals surface area contributed by atoms with Crippen molar-refractivity contribution in [2.75, 3.05) is 11.9 Å². The molecule has 0 saturated carbocycles. The zero-order valence-electron chi connectivity index (χ0n) is 7.83. The van der Waals surface area contributed by atoms with Gasteiger partial charge in [0.25, 0.3) is 0 Å². The van der Waals surface area contributed by atoms with E-state index in [0.29, 0.717) is 0 Å². The van der Waals surface area contributed by atoms with E-state index in [2.05, 4.69) is 53.9 Å². The van der Waals surface area contributed by atoms with Crippen molar-refractivity contribution in [3.8, 4) is 0 Å². The van der Waals surface area contributed by atoms with Gasteiger partial charge in [0.2, 0.25) is 0 Å². The molecule has 0 bridgehead atoms. The van der Waals surface area contributed by atoms with E-state index in [0.717, 1.165) is 6.54 Å². The molecule has 1 aliphatic rings. The van der Waals surface area contributed by atoms with Crippen LogP contribution in [-0.4, -0.2) is 6.54 Å². The van der Waals surface area contributed by atoms with Crippen LogP contribution in [0.1, 0.15) is 5.56 Å². The fourth-order valence-corrected chi connectivity index (χ4v) is 1.97. The Labute approximate surface area is 83.1 Å². The zero-order valence-corrected chi connectivity index (χ0v) is 7.83. The molecule has 0 fully saturated rings. The fourth-order valence-electron chi connectivity index (χ4n) is 1.97. The first-order chi connectivity index (χ1) is 6.95. The van der Waals surface area contributed by atoms with Crippen molar-refractivity contribution in [1.29, 1.82) is 0 Å². The number of hydrogen-bond acceptors (Lipinski definition) is 1. The minimum Gasteiger partial charge on any atom is -0.381 e. The largest absolute Gasteiger partial charge is 0.381 e. The van der Waals surface area contributed by atoms with Gasteiger partial charge in [-0.2, -0.15) is 0 Å². The smallest absolute Gasteiger partial charge is 0.0495 e. The molecule has 0 saturated heterocycles. The van der Waals surface area contributed by atoms with Crippen molar-refractivity contribution in [1.82, 2.24) is 0 Å². The molecule has 2 aromatic rings. The second kappa shape index (κ2) is 2.88. The van der Waals surface area contributed by atoms with Gasteiger partial charge in [0.15, 0.2) is 0 Å². The summed E-state index contributed by atoms with van der Waals surface area (Å²) in [5.74, 6) is 0. The zero-order chi connectivity index (χ0) is 9.38. The molecular weight excluding hydrogens is 170 g/mol. The number of nitrogens with one attached hydrogen (secondary N) is 1. The molecule has 1 heteroatoms. The van der Waals surface area contributed by atoms with Gasteiger partial charge in [-0.05, 0) is 10.9 Å². The number of rotatable bonds is 0. The summed E-state index contributed by atoms with van der Waals surface area (Å²) in [6.45, 7) is 0.932. The maximum atomic E-state index is 3.42.